The molecule has 0 aliphatic carbocycles. The molecule has 1 amide bonds. The molecule has 0 unspecified atom stereocenters. The summed E-state index contributed by atoms with van der Waals surface area (Å²) in [6.07, 6.45) is 4.52. The summed E-state index contributed by atoms with van der Waals surface area (Å²) in [5.41, 5.74) is 4.83. The Morgan fingerprint density at radius 3 is 2.85 bits per heavy atom. The maximum Gasteiger partial charge on any atom is 0.255 e. The number of hydrogen-bond donors (Lipinski definition) is 1. The molecule has 0 atom stereocenters. The van der Waals surface area contributed by atoms with Crippen molar-refractivity contribution in [1.29, 1.82) is 0 Å². The minimum absolute atomic E-state index is 0.111. The summed E-state index contributed by atoms with van der Waals surface area (Å²) in [4.78, 5) is 16.1. The zero-order valence-corrected chi connectivity index (χ0v) is 7.93. The first kappa shape index (κ1) is 11.6. The molecule has 74 valence electrons. The SMILES string of the molecule is CN(C)CC=N/C=C/OCC(N)=O. The van der Waals surface area contributed by atoms with Gasteiger partial charge in [-0.05, 0) is 14.1 Å². The molecule has 0 aliphatic heterocycles. The summed E-state index contributed by atoms with van der Waals surface area (Å²) in [7, 11) is 3.89. The van der Waals surface area contributed by atoms with Crippen LogP contribution < -0.4 is 5.73 Å². The number of ether oxygens (including phenoxy) is 1. The smallest absolute Gasteiger partial charge is 0.255 e. The average molecular weight is 185 g/mol. The number of amides is 1. The highest BCUT2D eigenvalue weighted by Crippen LogP contribution is 1.78. The maximum absolute atomic E-state index is 10.2. The van der Waals surface area contributed by atoms with Crippen molar-refractivity contribution < 1.29 is 9.53 Å². The number of carbonyl (C=O) groups is 1. The van der Waals surface area contributed by atoms with E-state index in [4.69, 9.17) is 10.5 Å². The van der Waals surface area contributed by atoms with Gasteiger partial charge in [-0.1, -0.05) is 0 Å². The number of rotatable bonds is 6. The summed E-state index contributed by atoms with van der Waals surface area (Å²) in [6.45, 7) is 0.653. The molecule has 0 heterocycles. The highest BCUT2D eigenvalue weighted by atomic mass is 16.5. The molecule has 0 spiro atoms. The molecule has 0 rings (SSSR count). The second-order valence-corrected chi connectivity index (χ2v) is 2.66. The molecule has 0 fully saturated rings. The summed E-state index contributed by atoms with van der Waals surface area (Å²) < 4.78 is 4.72. The van der Waals surface area contributed by atoms with Crippen molar-refractivity contribution in [2.45, 2.75) is 0 Å². The van der Waals surface area contributed by atoms with Crippen LogP contribution in [0.1, 0.15) is 0 Å². The Balaban J connectivity index is 3.40. The Labute approximate surface area is 77.9 Å². The van der Waals surface area contributed by atoms with E-state index in [1.807, 2.05) is 19.0 Å². The van der Waals surface area contributed by atoms with Gasteiger partial charge in [0.2, 0.25) is 0 Å². The molecule has 0 saturated heterocycles. The van der Waals surface area contributed by atoms with Gasteiger partial charge in [-0.2, -0.15) is 0 Å². The van der Waals surface area contributed by atoms with Gasteiger partial charge in [-0.25, -0.2) is 0 Å². The number of aliphatic imine (C=N–C) groups is 1. The molecular formula is C8H15N3O2. The van der Waals surface area contributed by atoms with Crippen molar-refractivity contribution in [1.82, 2.24) is 4.90 Å². The summed E-state index contributed by atoms with van der Waals surface area (Å²) in [6, 6.07) is 0. The van der Waals surface area contributed by atoms with Crippen molar-refractivity contribution in [2.75, 3.05) is 27.2 Å². The molecule has 13 heavy (non-hydrogen) atoms. The molecule has 0 aliphatic rings. The molecule has 0 aromatic carbocycles. The Morgan fingerprint density at radius 2 is 2.31 bits per heavy atom. The molecule has 2 N–H and O–H groups in total. The van der Waals surface area contributed by atoms with Gasteiger partial charge in [-0.15, -0.1) is 0 Å². The highest BCUT2D eigenvalue weighted by molar-refractivity contribution is 5.75. The van der Waals surface area contributed by atoms with Crippen LogP contribution >= 0.6 is 0 Å². The van der Waals surface area contributed by atoms with Gasteiger partial charge in [0.15, 0.2) is 6.61 Å². The number of nitrogens with zero attached hydrogens (tertiary/aromatic N) is 2. The van der Waals surface area contributed by atoms with Crippen LogP contribution in [0.15, 0.2) is 17.5 Å². The van der Waals surface area contributed by atoms with Gasteiger partial charge in [0.1, 0.15) is 6.26 Å². The van der Waals surface area contributed by atoms with Crippen LogP contribution in [0.2, 0.25) is 0 Å². The Bertz CT molecular complexity index is 200. The van der Waals surface area contributed by atoms with E-state index in [0.717, 1.165) is 6.54 Å². The predicted octanol–water partition coefficient (Wildman–Crippen LogP) is -0.408. The Kier molecular flexibility index (Phi) is 6.53. The largest absolute Gasteiger partial charge is 0.490 e. The predicted molar refractivity (Wildman–Crippen MR) is 51.3 cm³/mol. The zero-order valence-electron chi connectivity index (χ0n) is 7.93. The van der Waals surface area contributed by atoms with E-state index in [1.165, 1.54) is 12.5 Å². The first-order valence-electron chi connectivity index (χ1n) is 3.84. The topological polar surface area (TPSA) is 67.9 Å². The lowest BCUT2D eigenvalue weighted by molar-refractivity contribution is -0.120. The Hall–Kier alpha value is -1.36. The van der Waals surface area contributed by atoms with Gasteiger partial charge >= 0.3 is 0 Å². The lowest BCUT2D eigenvalue weighted by Gasteiger charge is -2.01. The molecule has 0 aromatic heterocycles. The molecule has 0 aromatic rings. The van der Waals surface area contributed by atoms with Crippen LogP contribution in [0.4, 0.5) is 0 Å². The van der Waals surface area contributed by atoms with Crippen molar-refractivity contribution in [3.8, 4) is 0 Å². The normalized spacial score (nSPS) is 11.6. The van der Waals surface area contributed by atoms with Gasteiger partial charge in [0, 0.05) is 12.8 Å². The van der Waals surface area contributed by atoms with E-state index < -0.39 is 5.91 Å². The third-order valence-corrected chi connectivity index (χ3v) is 1.02. The summed E-state index contributed by atoms with van der Waals surface area (Å²) in [5.74, 6) is -0.498. The van der Waals surface area contributed by atoms with Gasteiger partial charge in [0.05, 0.1) is 6.20 Å². The number of hydrogen-bond acceptors (Lipinski definition) is 4. The fourth-order valence-electron chi connectivity index (χ4n) is 0.480. The molecule has 5 heteroatoms. The van der Waals surface area contributed by atoms with E-state index in [9.17, 15) is 4.79 Å². The first-order chi connectivity index (χ1) is 6.13. The van der Waals surface area contributed by atoms with E-state index in [0.29, 0.717) is 0 Å². The van der Waals surface area contributed by atoms with E-state index in [2.05, 4.69) is 4.99 Å². The number of primary amides is 1. The van der Waals surface area contributed by atoms with Crippen molar-refractivity contribution in [3.05, 3.63) is 12.5 Å². The third-order valence-electron chi connectivity index (χ3n) is 1.02. The van der Waals surface area contributed by atoms with Crippen LogP contribution in [0.25, 0.3) is 0 Å². The maximum atomic E-state index is 10.2. The minimum Gasteiger partial charge on any atom is -0.490 e. The van der Waals surface area contributed by atoms with Crippen molar-refractivity contribution in [2.24, 2.45) is 10.7 Å². The van der Waals surface area contributed by atoms with Gasteiger partial charge < -0.3 is 15.4 Å². The Morgan fingerprint density at radius 1 is 1.62 bits per heavy atom. The summed E-state index contributed by atoms with van der Waals surface area (Å²) in [5, 5.41) is 0. The number of nitrogens with two attached hydrogens (primary N) is 1. The van der Waals surface area contributed by atoms with Crippen LogP contribution in [-0.4, -0.2) is 44.3 Å². The van der Waals surface area contributed by atoms with Gasteiger partial charge in [-0.3, -0.25) is 9.79 Å². The lowest BCUT2D eigenvalue weighted by Crippen LogP contribution is -2.16. The first-order valence-corrected chi connectivity index (χ1v) is 3.84. The average Bonchev–Trinajstić information content (AvgIpc) is 2.01. The quantitative estimate of drug-likeness (QED) is 0.452. The standard InChI is InChI=1S/C8H15N3O2/c1-11(2)5-3-10-4-6-13-7-8(9)12/h3-4,6H,5,7H2,1-2H3,(H2,9,12)/b6-4+,10-3?. The molecular weight excluding hydrogens is 170 g/mol. The monoisotopic (exact) mass is 185 g/mol. The minimum atomic E-state index is -0.498. The molecule has 0 radical (unpaired) electrons. The highest BCUT2D eigenvalue weighted by Gasteiger charge is 1.87. The number of carbonyl (C=O) groups excluding carboxylic acids is 1. The van der Waals surface area contributed by atoms with Crippen LogP contribution in [0, 0.1) is 0 Å². The van der Waals surface area contributed by atoms with Crippen molar-refractivity contribution in [3.63, 3.8) is 0 Å². The molecule has 0 saturated carbocycles. The van der Waals surface area contributed by atoms with E-state index in [-0.39, 0.29) is 6.61 Å². The zero-order chi connectivity index (χ0) is 10.1. The fraction of sp³-hybridized carbons (Fsp3) is 0.500. The summed E-state index contributed by atoms with van der Waals surface area (Å²) >= 11 is 0. The van der Waals surface area contributed by atoms with Crippen LogP contribution in [-0.2, 0) is 9.53 Å². The van der Waals surface area contributed by atoms with Gasteiger partial charge in [0.25, 0.3) is 5.91 Å². The second kappa shape index (κ2) is 7.30. The van der Waals surface area contributed by atoms with Crippen molar-refractivity contribution >= 4 is 12.1 Å². The second-order valence-electron chi connectivity index (χ2n) is 2.66. The molecule has 0 bridgehead atoms. The van der Waals surface area contributed by atoms with E-state index >= 15 is 0 Å². The van der Waals surface area contributed by atoms with E-state index in [1.54, 1.807) is 6.21 Å². The van der Waals surface area contributed by atoms with Crippen LogP contribution in [0.5, 0.6) is 0 Å². The van der Waals surface area contributed by atoms with Crippen LogP contribution in [0.3, 0.4) is 0 Å². The lowest BCUT2D eigenvalue weighted by atomic mass is 10.6. The third kappa shape index (κ3) is 10.6. The molecule has 5 nitrogen and oxygen atoms in total. The fourth-order valence-corrected chi connectivity index (χ4v) is 0.480.